The first-order valence-corrected chi connectivity index (χ1v) is 6.63. The lowest BCUT2D eigenvalue weighted by Gasteiger charge is -2.03. The third-order valence-corrected chi connectivity index (χ3v) is 3.40. The van der Waals surface area contributed by atoms with E-state index in [4.69, 9.17) is 5.73 Å². The van der Waals surface area contributed by atoms with Gasteiger partial charge in [-0.3, -0.25) is 9.40 Å². The summed E-state index contributed by atoms with van der Waals surface area (Å²) in [5.74, 6) is 0.157. The molecule has 96 valence electrons. The Bertz CT molecular complexity index is 609. The highest BCUT2D eigenvalue weighted by molar-refractivity contribution is 7.92. The van der Waals surface area contributed by atoms with Crippen LogP contribution < -0.4 is 10.5 Å². The third kappa shape index (κ3) is 2.81. The molecule has 3 N–H and O–H groups in total. The summed E-state index contributed by atoms with van der Waals surface area (Å²) in [6, 6.07) is 3.09. The molecule has 0 fully saturated rings. The van der Waals surface area contributed by atoms with Gasteiger partial charge in [0.25, 0.3) is 10.0 Å². The van der Waals surface area contributed by atoms with Crippen LogP contribution in [0.3, 0.4) is 0 Å². The molecule has 8 nitrogen and oxygen atoms in total. The summed E-state index contributed by atoms with van der Waals surface area (Å²) in [6.45, 7) is 0.847. The van der Waals surface area contributed by atoms with Crippen LogP contribution in [0.2, 0.25) is 0 Å². The smallest absolute Gasteiger partial charge is 0.266 e. The molecule has 0 spiro atoms. The van der Waals surface area contributed by atoms with Crippen molar-refractivity contribution < 1.29 is 8.42 Å². The maximum absolute atomic E-state index is 12.0. The number of nitrogens with zero attached hydrogens (tertiary/aromatic N) is 4. The summed E-state index contributed by atoms with van der Waals surface area (Å²) in [4.78, 5) is 0.0570. The maximum atomic E-state index is 12.0. The quantitative estimate of drug-likeness (QED) is 0.750. The molecule has 0 aliphatic carbocycles. The van der Waals surface area contributed by atoms with E-state index in [-0.39, 0.29) is 10.7 Å². The molecule has 2 aromatic heterocycles. The predicted octanol–water partition coefficient (Wildman–Crippen LogP) is -0.567. The van der Waals surface area contributed by atoms with E-state index in [0.717, 1.165) is 0 Å². The van der Waals surface area contributed by atoms with Gasteiger partial charge < -0.3 is 5.73 Å². The Morgan fingerprint density at radius 3 is 2.94 bits per heavy atom. The minimum Gasteiger partial charge on any atom is -0.329 e. The molecule has 0 aliphatic heterocycles. The Morgan fingerprint density at radius 2 is 2.28 bits per heavy atom. The second-order valence-electron chi connectivity index (χ2n) is 3.44. The molecule has 9 heteroatoms. The molecule has 0 aliphatic rings. The molecule has 0 radical (unpaired) electrons. The van der Waals surface area contributed by atoms with Crippen LogP contribution >= 0.6 is 0 Å². The summed E-state index contributed by atoms with van der Waals surface area (Å²) < 4.78 is 27.7. The van der Waals surface area contributed by atoms with Gasteiger partial charge in [0.05, 0.1) is 12.7 Å². The molecule has 2 heterocycles. The van der Waals surface area contributed by atoms with Crippen LogP contribution in [0.15, 0.2) is 35.6 Å². The first-order chi connectivity index (χ1) is 8.62. The largest absolute Gasteiger partial charge is 0.329 e. The van der Waals surface area contributed by atoms with Crippen LogP contribution in [0.25, 0.3) is 0 Å². The van der Waals surface area contributed by atoms with Crippen molar-refractivity contribution in [1.82, 2.24) is 20.0 Å². The molecule has 0 atom stereocenters. The predicted molar refractivity (Wildman–Crippen MR) is 64.1 cm³/mol. The number of hydrogen-bond donors (Lipinski definition) is 2. The van der Waals surface area contributed by atoms with Crippen LogP contribution in [0.4, 0.5) is 5.82 Å². The Labute approximate surface area is 104 Å². The summed E-state index contributed by atoms with van der Waals surface area (Å²) in [7, 11) is -3.69. The molecular weight excluding hydrogens is 256 g/mol. The van der Waals surface area contributed by atoms with Gasteiger partial charge in [-0.1, -0.05) is 0 Å². The van der Waals surface area contributed by atoms with Gasteiger partial charge in [0.1, 0.15) is 4.90 Å². The second-order valence-corrected chi connectivity index (χ2v) is 5.12. The average Bonchev–Trinajstić information content (AvgIpc) is 2.80. The molecule has 0 saturated carbocycles. The van der Waals surface area contributed by atoms with E-state index in [1.54, 1.807) is 6.07 Å². The molecule has 0 aromatic carbocycles. The summed E-state index contributed by atoms with van der Waals surface area (Å²) in [5, 5.41) is 11.1. The van der Waals surface area contributed by atoms with Gasteiger partial charge in [-0.15, -0.1) is 5.10 Å². The molecular formula is C9H12N6O2S. The van der Waals surface area contributed by atoms with Crippen molar-refractivity contribution in [2.75, 3.05) is 11.3 Å². The van der Waals surface area contributed by atoms with Crippen molar-refractivity contribution in [2.45, 2.75) is 11.4 Å². The van der Waals surface area contributed by atoms with E-state index in [1.807, 2.05) is 0 Å². The first kappa shape index (κ1) is 12.5. The van der Waals surface area contributed by atoms with E-state index >= 15 is 0 Å². The lowest BCUT2D eigenvalue weighted by Crippen LogP contribution is -2.14. The lowest BCUT2D eigenvalue weighted by atomic mass is 10.6. The van der Waals surface area contributed by atoms with Crippen LogP contribution in [0, 0.1) is 0 Å². The Kier molecular flexibility index (Phi) is 3.53. The molecule has 2 aromatic rings. The van der Waals surface area contributed by atoms with Crippen LogP contribution in [-0.2, 0) is 16.6 Å². The van der Waals surface area contributed by atoms with Gasteiger partial charge in [-0.2, -0.15) is 10.2 Å². The van der Waals surface area contributed by atoms with Crippen molar-refractivity contribution in [3.05, 3.63) is 30.7 Å². The van der Waals surface area contributed by atoms with Crippen LogP contribution in [0.5, 0.6) is 0 Å². The standard InChI is InChI=1S/C9H12N6O2S/c10-3-5-15-7-8(6-12-15)18(16,17)14-9-2-1-4-11-13-9/h1-2,4,6-7H,3,5,10H2,(H,13,14). The Balaban J connectivity index is 2.20. The van der Waals surface area contributed by atoms with Gasteiger partial charge in [-0.05, 0) is 12.1 Å². The number of aromatic nitrogens is 4. The fourth-order valence-corrected chi connectivity index (χ4v) is 2.24. The third-order valence-electron chi connectivity index (χ3n) is 2.09. The lowest BCUT2D eigenvalue weighted by molar-refractivity contribution is 0.599. The van der Waals surface area contributed by atoms with Crippen LogP contribution in [0.1, 0.15) is 0 Å². The van der Waals surface area contributed by atoms with Crippen molar-refractivity contribution in [2.24, 2.45) is 5.73 Å². The van der Waals surface area contributed by atoms with E-state index in [2.05, 4.69) is 20.0 Å². The number of sulfonamides is 1. The molecule has 0 amide bonds. The number of hydrogen-bond acceptors (Lipinski definition) is 6. The van der Waals surface area contributed by atoms with Crippen LogP contribution in [-0.4, -0.2) is 34.9 Å². The first-order valence-electron chi connectivity index (χ1n) is 5.15. The van der Waals surface area contributed by atoms with Gasteiger partial charge in [0.2, 0.25) is 0 Å². The topological polar surface area (TPSA) is 116 Å². The van der Waals surface area contributed by atoms with Gasteiger partial charge >= 0.3 is 0 Å². The van der Waals surface area contributed by atoms with Crippen molar-refractivity contribution in [3.8, 4) is 0 Å². The highest BCUT2D eigenvalue weighted by Gasteiger charge is 2.17. The highest BCUT2D eigenvalue weighted by atomic mass is 32.2. The normalized spacial score (nSPS) is 11.4. The number of rotatable bonds is 5. The summed E-state index contributed by atoms with van der Waals surface area (Å²) >= 11 is 0. The zero-order valence-corrected chi connectivity index (χ0v) is 10.2. The average molecular weight is 268 g/mol. The summed E-state index contributed by atoms with van der Waals surface area (Å²) in [5.41, 5.74) is 5.36. The molecule has 18 heavy (non-hydrogen) atoms. The number of nitrogens with one attached hydrogen (secondary N) is 1. The van der Waals surface area contributed by atoms with Gasteiger partial charge in [0.15, 0.2) is 5.82 Å². The number of nitrogens with two attached hydrogens (primary N) is 1. The Morgan fingerprint density at radius 1 is 1.44 bits per heavy atom. The second kappa shape index (κ2) is 5.10. The SMILES string of the molecule is NCCn1cc(S(=O)(=O)Nc2cccnn2)cn1. The fourth-order valence-electron chi connectivity index (χ4n) is 1.29. The van der Waals surface area contributed by atoms with E-state index in [9.17, 15) is 8.42 Å². The monoisotopic (exact) mass is 268 g/mol. The van der Waals surface area contributed by atoms with Crippen molar-refractivity contribution in [3.63, 3.8) is 0 Å². The van der Waals surface area contributed by atoms with Gasteiger partial charge in [-0.25, -0.2) is 8.42 Å². The van der Waals surface area contributed by atoms with E-state index in [0.29, 0.717) is 13.1 Å². The van der Waals surface area contributed by atoms with E-state index in [1.165, 1.54) is 29.3 Å². The zero-order chi connectivity index (χ0) is 13.0. The molecule has 0 bridgehead atoms. The molecule has 0 saturated heterocycles. The highest BCUT2D eigenvalue weighted by Crippen LogP contribution is 2.12. The molecule has 0 unspecified atom stereocenters. The zero-order valence-electron chi connectivity index (χ0n) is 9.39. The van der Waals surface area contributed by atoms with E-state index < -0.39 is 10.0 Å². The Hall–Kier alpha value is -2.00. The minimum absolute atomic E-state index is 0.0570. The van der Waals surface area contributed by atoms with Crippen molar-refractivity contribution in [1.29, 1.82) is 0 Å². The summed E-state index contributed by atoms with van der Waals surface area (Å²) in [6.07, 6.45) is 4.12. The maximum Gasteiger partial charge on any atom is 0.266 e. The van der Waals surface area contributed by atoms with Crippen molar-refractivity contribution >= 4 is 15.8 Å². The van der Waals surface area contributed by atoms with Gasteiger partial charge in [0, 0.05) is 18.9 Å². The molecule has 2 rings (SSSR count). The number of anilines is 1. The fraction of sp³-hybridized carbons (Fsp3) is 0.222. The minimum atomic E-state index is -3.69.